The van der Waals surface area contributed by atoms with Crippen LogP contribution in [0.25, 0.3) is 10.2 Å². The number of benzene rings is 2. The number of nitrogens with zero attached hydrogens (tertiary/aromatic N) is 2. The van der Waals surface area contributed by atoms with Gasteiger partial charge in [0.05, 0.1) is 15.2 Å². The molecule has 2 amide bonds. The van der Waals surface area contributed by atoms with Crippen LogP contribution in [-0.2, 0) is 17.8 Å². The van der Waals surface area contributed by atoms with E-state index in [0.29, 0.717) is 24.6 Å². The van der Waals surface area contributed by atoms with Gasteiger partial charge in [-0.25, -0.2) is 4.98 Å². The summed E-state index contributed by atoms with van der Waals surface area (Å²) in [7, 11) is 1.62. The van der Waals surface area contributed by atoms with Crippen molar-refractivity contribution in [3.05, 3.63) is 64.7 Å². The second-order valence-electron chi connectivity index (χ2n) is 7.46. The highest BCUT2D eigenvalue weighted by atomic mass is 32.1. The Morgan fingerprint density at radius 3 is 2.59 bits per heavy atom. The van der Waals surface area contributed by atoms with Crippen LogP contribution >= 0.6 is 11.3 Å². The molecule has 4 rings (SSSR count). The van der Waals surface area contributed by atoms with E-state index in [1.54, 1.807) is 18.4 Å². The van der Waals surface area contributed by atoms with Crippen LogP contribution in [0.1, 0.15) is 46.6 Å². The van der Waals surface area contributed by atoms with Crippen molar-refractivity contribution in [2.75, 3.05) is 7.05 Å². The molecule has 1 fully saturated rings. The molecule has 1 N–H and O–H groups in total. The van der Waals surface area contributed by atoms with E-state index in [0.717, 1.165) is 41.8 Å². The number of para-hydroxylation sites is 1. The lowest BCUT2D eigenvalue weighted by atomic mass is 10.1. The molecule has 1 aliphatic carbocycles. The summed E-state index contributed by atoms with van der Waals surface area (Å²) < 4.78 is 1.20. The van der Waals surface area contributed by atoms with E-state index >= 15 is 0 Å². The zero-order chi connectivity index (χ0) is 20.2. The quantitative estimate of drug-likeness (QED) is 0.610. The predicted molar refractivity (Wildman–Crippen MR) is 116 cm³/mol. The number of nitrogens with one attached hydrogen (secondary N) is 1. The minimum atomic E-state index is -0.0958. The van der Waals surface area contributed by atoms with Crippen molar-refractivity contribution in [1.29, 1.82) is 0 Å². The lowest BCUT2D eigenvalue weighted by Crippen LogP contribution is -2.32. The third kappa shape index (κ3) is 4.82. The number of amides is 2. The Kier molecular flexibility index (Phi) is 5.90. The summed E-state index contributed by atoms with van der Waals surface area (Å²) in [5, 5.41) is 3.72. The fourth-order valence-corrected chi connectivity index (χ4v) is 4.48. The zero-order valence-corrected chi connectivity index (χ0v) is 17.4. The van der Waals surface area contributed by atoms with Gasteiger partial charge in [0.1, 0.15) is 0 Å². The van der Waals surface area contributed by atoms with Crippen molar-refractivity contribution >= 4 is 33.4 Å². The Morgan fingerprint density at radius 1 is 1.14 bits per heavy atom. The zero-order valence-electron chi connectivity index (χ0n) is 16.6. The maximum atomic E-state index is 12.9. The van der Waals surface area contributed by atoms with Gasteiger partial charge in [-0.1, -0.05) is 24.3 Å². The summed E-state index contributed by atoms with van der Waals surface area (Å²) in [4.78, 5) is 31.2. The fraction of sp³-hybridized carbons (Fsp3) is 0.348. The summed E-state index contributed by atoms with van der Waals surface area (Å²) in [6.07, 6.45) is 4.37. The fourth-order valence-electron chi connectivity index (χ4n) is 3.47. The molecular formula is C23H25N3O2S. The van der Waals surface area contributed by atoms with Gasteiger partial charge in [0.25, 0.3) is 5.91 Å². The Bertz CT molecular complexity index is 975. The van der Waals surface area contributed by atoms with Gasteiger partial charge in [-0.05, 0) is 55.5 Å². The maximum Gasteiger partial charge on any atom is 0.251 e. The number of hydrogen-bond acceptors (Lipinski definition) is 4. The molecule has 0 spiro atoms. The molecule has 3 aromatic rings. The van der Waals surface area contributed by atoms with Crippen LogP contribution in [0.5, 0.6) is 0 Å². The van der Waals surface area contributed by atoms with Gasteiger partial charge in [0.15, 0.2) is 0 Å². The molecule has 150 valence electrons. The first-order valence-electron chi connectivity index (χ1n) is 10.1. The molecule has 5 nitrogen and oxygen atoms in total. The van der Waals surface area contributed by atoms with Crippen molar-refractivity contribution in [2.45, 2.75) is 44.7 Å². The second kappa shape index (κ2) is 8.74. The van der Waals surface area contributed by atoms with Gasteiger partial charge in [0.2, 0.25) is 5.91 Å². The summed E-state index contributed by atoms with van der Waals surface area (Å²) >= 11 is 1.72. The average molecular weight is 408 g/mol. The lowest BCUT2D eigenvalue weighted by Gasteiger charge is -2.22. The Morgan fingerprint density at radius 2 is 1.90 bits per heavy atom. The highest BCUT2D eigenvalue weighted by Crippen LogP contribution is 2.29. The molecular weight excluding hydrogens is 382 g/mol. The minimum absolute atomic E-state index is 0.0958. The smallest absolute Gasteiger partial charge is 0.251 e. The largest absolute Gasteiger partial charge is 0.355 e. The normalized spacial score (nSPS) is 13.4. The van der Waals surface area contributed by atoms with E-state index in [1.165, 1.54) is 4.70 Å². The summed E-state index contributed by atoms with van der Waals surface area (Å²) in [6, 6.07) is 16.0. The van der Waals surface area contributed by atoms with Crippen molar-refractivity contribution in [1.82, 2.24) is 15.2 Å². The van der Waals surface area contributed by atoms with Crippen LogP contribution in [0.15, 0.2) is 48.5 Å². The summed E-state index contributed by atoms with van der Waals surface area (Å²) in [5.74, 6) is 0.116. The molecule has 1 aliphatic rings. The standard InChI is InChI=1S/C23H25N3O2S/c1-24-23(28)17-11-9-16(10-12-17)15-26(18-13-14-18)22(27)8-4-7-21-25-19-5-2-3-6-20(19)29-21/h2-3,5-6,9-12,18H,4,7-8,13-15H2,1H3,(H,24,28). The van der Waals surface area contributed by atoms with Crippen molar-refractivity contribution in [2.24, 2.45) is 0 Å². The molecule has 2 aromatic carbocycles. The molecule has 0 atom stereocenters. The number of aryl methyl sites for hydroxylation is 1. The SMILES string of the molecule is CNC(=O)c1ccc(CN(C(=O)CCCc2nc3ccccc3s2)C2CC2)cc1. The van der Waals surface area contributed by atoms with E-state index in [4.69, 9.17) is 0 Å². The van der Waals surface area contributed by atoms with Crippen LogP contribution in [0.2, 0.25) is 0 Å². The van der Waals surface area contributed by atoms with E-state index in [1.807, 2.05) is 47.4 Å². The molecule has 0 saturated heterocycles. The van der Waals surface area contributed by atoms with Gasteiger partial charge in [0, 0.05) is 31.6 Å². The third-order valence-corrected chi connectivity index (χ3v) is 6.32. The van der Waals surface area contributed by atoms with Crippen LogP contribution in [0.4, 0.5) is 0 Å². The summed E-state index contributed by atoms with van der Waals surface area (Å²) in [6.45, 7) is 0.610. The van der Waals surface area contributed by atoms with Crippen LogP contribution < -0.4 is 5.32 Å². The number of rotatable bonds is 8. The molecule has 29 heavy (non-hydrogen) atoms. The first-order chi connectivity index (χ1) is 14.1. The number of hydrogen-bond donors (Lipinski definition) is 1. The highest BCUT2D eigenvalue weighted by molar-refractivity contribution is 7.18. The monoisotopic (exact) mass is 407 g/mol. The van der Waals surface area contributed by atoms with Gasteiger partial charge < -0.3 is 10.2 Å². The summed E-state index contributed by atoms with van der Waals surface area (Å²) in [5.41, 5.74) is 2.74. The molecule has 0 aliphatic heterocycles. The maximum absolute atomic E-state index is 12.9. The number of thiazole rings is 1. The molecule has 0 unspecified atom stereocenters. The average Bonchev–Trinajstić information content (AvgIpc) is 3.50. The van der Waals surface area contributed by atoms with E-state index < -0.39 is 0 Å². The van der Waals surface area contributed by atoms with Gasteiger partial charge in [-0.2, -0.15) is 0 Å². The van der Waals surface area contributed by atoms with Gasteiger partial charge in [-0.3, -0.25) is 9.59 Å². The molecule has 1 heterocycles. The Labute approximate surface area is 174 Å². The lowest BCUT2D eigenvalue weighted by molar-refractivity contribution is -0.132. The van der Waals surface area contributed by atoms with Crippen LogP contribution in [0, 0.1) is 0 Å². The van der Waals surface area contributed by atoms with Gasteiger partial charge in [-0.15, -0.1) is 11.3 Å². The minimum Gasteiger partial charge on any atom is -0.355 e. The number of carbonyl (C=O) groups excluding carboxylic acids is 2. The number of fused-ring (bicyclic) bond motifs is 1. The van der Waals surface area contributed by atoms with Crippen molar-refractivity contribution in [3.63, 3.8) is 0 Å². The first kappa shape index (κ1) is 19.6. The van der Waals surface area contributed by atoms with Crippen molar-refractivity contribution < 1.29 is 9.59 Å². The van der Waals surface area contributed by atoms with Crippen LogP contribution in [0.3, 0.4) is 0 Å². The molecule has 0 radical (unpaired) electrons. The number of carbonyl (C=O) groups is 2. The second-order valence-corrected chi connectivity index (χ2v) is 8.57. The van der Waals surface area contributed by atoms with Gasteiger partial charge >= 0.3 is 0 Å². The Balaban J connectivity index is 1.33. The van der Waals surface area contributed by atoms with Crippen LogP contribution in [-0.4, -0.2) is 34.8 Å². The molecule has 1 aromatic heterocycles. The molecule has 6 heteroatoms. The van der Waals surface area contributed by atoms with E-state index in [2.05, 4.69) is 16.4 Å². The molecule has 1 saturated carbocycles. The van der Waals surface area contributed by atoms with Crippen molar-refractivity contribution in [3.8, 4) is 0 Å². The van der Waals surface area contributed by atoms with E-state index in [9.17, 15) is 9.59 Å². The topological polar surface area (TPSA) is 62.3 Å². The first-order valence-corrected chi connectivity index (χ1v) is 10.9. The molecule has 0 bridgehead atoms. The third-order valence-electron chi connectivity index (χ3n) is 5.22. The van der Waals surface area contributed by atoms with E-state index in [-0.39, 0.29) is 11.8 Å². The highest BCUT2D eigenvalue weighted by Gasteiger charge is 2.32. The Hall–Kier alpha value is -2.73. The predicted octanol–water partition coefficient (Wildman–Crippen LogP) is 4.17. The number of aromatic nitrogens is 1.